The Bertz CT molecular complexity index is 615. The van der Waals surface area contributed by atoms with E-state index in [-0.39, 0.29) is 12.0 Å². The SMILES string of the molecule is COc1cc(C2C(C)C(C)C(OC)C(COC=O)C2C)cc(C)c1OC. The number of methoxy groups -OCH3 is 3. The fourth-order valence-corrected chi connectivity index (χ4v) is 4.83. The molecule has 26 heavy (non-hydrogen) atoms. The van der Waals surface area contributed by atoms with Gasteiger partial charge >= 0.3 is 0 Å². The topological polar surface area (TPSA) is 54.0 Å². The van der Waals surface area contributed by atoms with E-state index in [0.29, 0.717) is 36.8 Å². The van der Waals surface area contributed by atoms with Gasteiger partial charge in [-0.3, -0.25) is 4.79 Å². The van der Waals surface area contributed by atoms with E-state index in [9.17, 15) is 4.79 Å². The highest BCUT2D eigenvalue weighted by atomic mass is 16.5. The number of aryl methyl sites for hydroxylation is 1. The summed E-state index contributed by atoms with van der Waals surface area (Å²) in [5.74, 6) is 3.04. The number of hydrogen-bond donors (Lipinski definition) is 0. The smallest absolute Gasteiger partial charge is 0.293 e. The summed E-state index contributed by atoms with van der Waals surface area (Å²) in [5, 5.41) is 0. The molecule has 1 fully saturated rings. The maximum atomic E-state index is 10.8. The average molecular weight is 364 g/mol. The molecule has 2 rings (SSSR count). The van der Waals surface area contributed by atoms with Crippen LogP contribution in [0, 0.1) is 30.6 Å². The number of rotatable bonds is 7. The molecule has 1 aromatic rings. The average Bonchev–Trinajstić information content (AvgIpc) is 2.63. The Balaban J connectivity index is 2.46. The second kappa shape index (κ2) is 8.76. The van der Waals surface area contributed by atoms with Crippen LogP contribution in [-0.2, 0) is 14.3 Å². The normalized spacial score (nSPS) is 31.3. The highest BCUT2D eigenvalue weighted by Crippen LogP contribution is 2.50. The molecule has 0 N–H and O–H groups in total. The quantitative estimate of drug-likeness (QED) is 0.689. The van der Waals surface area contributed by atoms with Crippen LogP contribution in [0.15, 0.2) is 12.1 Å². The molecular weight excluding hydrogens is 332 g/mol. The molecule has 1 aliphatic rings. The van der Waals surface area contributed by atoms with E-state index in [1.165, 1.54) is 5.56 Å². The van der Waals surface area contributed by atoms with E-state index in [0.717, 1.165) is 17.1 Å². The Kier molecular flexibility index (Phi) is 6.93. The van der Waals surface area contributed by atoms with Crippen LogP contribution in [-0.4, -0.2) is 40.5 Å². The van der Waals surface area contributed by atoms with Crippen molar-refractivity contribution in [2.75, 3.05) is 27.9 Å². The van der Waals surface area contributed by atoms with Gasteiger partial charge in [-0.1, -0.05) is 26.8 Å². The molecule has 1 saturated carbocycles. The lowest BCUT2D eigenvalue weighted by Crippen LogP contribution is -2.48. The minimum absolute atomic E-state index is 0.0671. The summed E-state index contributed by atoms with van der Waals surface area (Å²) in [5.41, 5.74) is 2.29. The van der Waals surface area contributed by atoms with E-state index in [2.05, 4.69) is 32.9 Å². The van der Waals surface area contributed by atoms with Crippen LogP contribution in [0.4, 0.5) is 0 Å². The predicted molar refractivity (Wildman–Crippen MR) is 101 cm³/mol. The van der Waals surface area contributed by atoms with E-state index < -0.39 is 0 Å². The third-order valence-electron chi connectivity index (χ3n) is 6.28. The lowest BCUT2D eigenvalue weighted by atomic mass is 9.60. The van der Waals surface area contributed by atoms with E-state index in [1.807, 2.05) is 6.92 Å². The van der Waals surface area contributed by atoms with Crippen LogP contribution in [0.2, 0.25) is 0 Å². The molecule has 5 nitrogen and oxygen atoms in total. The van der Waals surface area contributed by atoms with Crippen LogP contribution in [0.1, 0.15) is 37.8 Å². The van der Waals surface area contributed by atoms with Gasteiger partial charge in [0, 0.05) is 13.0 Å². The molecule has 0 aromatic heterocycles. The maximum Gasteiger partial charge on any atom is 0.293 e. The number of hydrogen-bond acceptors (Lipinski definition) is 5. The van der Waals surface area contributed by atoms with Crippen molar-refractivity contribution < 1.29 is 23.7 Å². The minimum atomic E-state index is 0.0671. The molecule has 0 heterocycles. The second-order valence-electron chi connectivity index (χ2n) is 7.47. The molecule has 0 saturated heterocycles. The number of ether oxygens (including phenoxy) is 4. The first kappa shape index (κ1) is 20.6. The van der Waals surface area contributed by atoms with Crippen molar-refractivity contribution in [3.63, 3.8) is 0 Å². The number of carbonyl (C=O) groups excluding carboxylic acids is 1. The summed E-state index contributed by atoms with van der Waals surface area (Å²) in [6.45, 7) is 9.67. The molecule has 1 aromatic carbocycles. The lowest BCUT2D eigenvalue weighted by molar-refractivity contribution is -0.137. The van der Waals surface area contributed by atoms with E-state index in [1.54, 1.807) is 21.3 Å². The molecule has 0 amide bonds. The van der Waals surface area contributed by atoms with Gasteiger partial charge in [-0.05, 0) is 47.8 Å². The standard InChI is InChI=1S/C21H32O5/c1-12-8-16(9-18(23-5)20(12)24-6)19-13(2)14(3)21(25-7)17(15(19)4)10-26-11-22/h8-9,11,13-15,17,19,21H,10H2,1-7H3. The van der Waals surface area contributed by atoms with Crippen molar-refractivity contribution in [2.45, 2.75) is 39.7 Å². The van der Waals surface area contributed by atoms with E-state index in [4.69, 9.17) is 18.9 Å². The fourth-order valence-electron chi connectivity index (χ4n) is 4.83. The van der Waals surface area contributed by atoms with E-state index >= 15 is 0 Å². The Morgan fingerprint density at radius 1 is 1.00 bits per heavy atom. The molecule has 6 atom stereocenters. The summed E-state index contributed by atoms with van der Waals surface area (Å²) in [6.07, 6.45) is 0.0671. The Morgan fingerprint density at radius 2 is 1.69 bits per heavy atom. The van der Waals surface area contributed by atoms with Gasteiger partial charge in [0.05, 0.1) is 26.9 Å². The van der Waals surface area contributed by atoms with Crippen LogP contribution < -0.4 is 9.47 Å². The second-order valence-corrected chi connectivity index (χ2v) is 7.47. The molecule has 0 aliphatic heterocycles. The van der Waals surface area contributed by atoms with Crippen molar-refractivity contribution in [3.05, 3.63) is 23.3 Å². The zero-order valence-corrected chi connectivity index (χ0v) is 16.9. The molecule has 5 heteroatoms. The van der Waals surface area contributed by atoms with Gasteiger partial charge in [-0.2, -0.15) is 0 Å². The Morgan fingerprint density at radius 3 is 2.23 bits per heavy atom. The van der Waals surface area contributed by atoms with Gasteiger partial charge < -0.3 is 18.9 Å². The van der Waals surface area contributed by atoms with Gasteiger partial charge in [0.2, 0.25) is 0 Å². The third kappa shape index (κ3) is 3.68. The largest absolute Gasteiger partial charge is 0.493 e. The lowest BCUT2D eigenvalue weighted by Gasteiger charge is -2.48. The number of carbonyl (C=O) groups is 1. The highest BCUT2D eigenvalue weighted by Gasteiger charge is 2.46. The van der Waals surface area contributed by atoms with Gasteiger partial charge in [-0.25, -0.2) is 0 Å². The molecule has 1 aliphatic carbocycles. The number of benzene rings is 1. The van der Waals surface area contributed by atoms with Crippen LogP contribution in [0.3, 0.4) is 0 Å². The zero-order chi connectivity index (χ0) is 19.4. The summed E-state index contributed by atoms with van der Waals surface area (Å²) in [7, 11) is 5.07. The summed E-state index contributed by atoms with van der Waals surface area (Å²) in [4.78, 5) is 10.8. The minimum Gasteiger partial charge on any atom is -0.493 e. The summed E-state index contributed by atoms with van der Waals surface area (Å²) < 4.78 is 22.0. The van der Waals surface area contributed by atoms with Gasteiger partial charge in [0.25, 0.3) is 6.47 Å². The summed E-state index contributed by atoms with van der Waals surface area (Å²) >= 11 is 0. The fraction of sp³-hybridized carbons (Fsp3) is 0.667. The molecule has 0 bridgehead atoms. The molecule has 146 valence electrons. The van der Waals surface area contributed by atoms with Crippen molar-refractivity contribution in [3.8, 4) is 11.5 Å². The first-order valence-electron chi connectivity index (χ1n) is 9.21. The molecule has 0 radical (unpaired) electrons. The maximum absolute atomic E-state index is 10.8. The third-order valence-corrected chi connectivity index (χ3v) is 6.28. The van der Waals surface area contributed by atoms with Crippen molar-refractivity contribution in [1.82, 2.24) is 0 Å². The Labute approximate surface area is 157 Å². The van der Waals surface area contributed by atoms with Gasteiger partial charge in [-0.15, -0.1) is 0 Å². The molecular formula is C21H32O5. The van der Waals surface area contributed by atoms with Crippen LogP contribution in [0.25, 0.3) is 0 Å². The van der Waals surface area contributed by atoms with Crippen LogP contribution in [0.5, 0.6) is 11.5 Å². The first-order chi connectivity index (χ1) is 12.4. The zero-order valence-electron chi connectivity index (χ0n) is 16.9. The molecule has 6 unspecified atom stereocenters. The predicted octanol–water partition coefficient (Wildman–Crippen LogP) is 3.82. The first-order valence-corrected chi connectivity index (χ1v) is 9.21. The highest BCUT2D eigenvalue weighted by molar-refractivity contribution is 5.50. The summed E-state index contributed by atoms with van der Waals surface area (Å²) in [6, 6.07) is 4.28. The monoisotopic (exact) mass is 364 g/mol. The van der Waals surface area contributed by atoms with Crippen molar-refractivity contribution >= 4 is 6.47 Å². The van der Waals surface area contributed by atoms with Gasteiger partial charge in [0.1, 0.15) is 0 Å². The Hall–Kier alpha value is -1.75. The van der Waals surface area contributed by atoms with Crippen molar-refractivity contribution in [1.29, 1.82) is 0 Å². The van der Waals surface area contributed by atoms with Gasteiger partial charge in [0.15, 0.2) is 11.5 Å². The molecule has 0 spiro atoms. The van der Waals surface area contributed by atoms with Crippen molar-refractivity contribution in [2.24, 2.45) is 23.7 Å². The van der Waals surface area contributed by atoms with Crippen LogP contribution >= 0.6 is 0 Å².